The van der Waals surface area contributed by atoms with Gasteiger partial charge in [0.05, 0.1) is 0 Å². The fourth-order valence-corrected chi connectivity index (χ4v) is 2.95. The zero-order valence-corrected chi connectivity index (χ0v) is 10.2. The predicted octanol–water partition coefficient (Wildman–Crippen LogP) is 3.01. The molecule has 2 heteroatoms. The van der Waals surface area contributed by atoms with Gasteiger partial charge in [-0.1, -0.05) is 30.3 Å². The highest BCUT2D eigenvalue weighted by Gasteiger charge is 2.18. The first-order valence-electron chi connectivity index (χ1n) is 5.67. The lowest BCUT2D eigenvalue weighted by atomic mass is 10.1. The van der Waals surface area contributed by atoms with E-state index in [0.29, 0.717) is 0 Å². The Morgan fingerprint density at radius 3 is 2.87 bits per heavy atom. The normalized spacial score (nSPS) is 22.9. The molecule has 0 aromatic heterocycles. The summed E-state index contributed by atoms with van der Waals surface area (Å²) in [5, 5.41) is 0.850. The van der Waals surface area contributed by atoms with E-state index in [4.69, 9.17) is 0 Å². The summed E-state index contributed by atoms with van der Waals surface area (Å²) < 4.78 is 0. The zero-order chi connectivity index (χ0) is 10.5. The topological polar surface area (TPSA) is 3.24 Å². The lowest BCUT2D eigenvalue weighted by molar-refractivity contribution is 0.226. The Morgan fingerprint density at radius 2 is 2.13 bits per heavy atom. The number of thioether (sulfide) groups is 1. The second-order valence-corrected chi connectivity index (χ2v) is 5.36. The molecule has 1 aliphatic heterocycles. The van der Waals surface area contributed by atoms with Crippen molar-refractivity contribution in [1.82, 2.24) is 4.90 Å². The molecule has 0 amide bonds. The molecule has 0 bridgehead atoms. The van der Waals surface area contributed by atoms with Gasteiger partial charge in [-0.3, -0.25) is 4.90 Å². The van der Waals surface area contributed by atoms with Gasteiger partial charge in [-0.05, 0) is 31.2 Å². The first-order chi connectivity index (χ1) is 7.38. The van der Waals surface area contributed by atoms with Gasteiger partial charge in [-0.25, -0.2) is 0 Å². The molecule has 1 nitrogen and oxygen atoms in total. The fraction of sp³-hybridized carbons (Fsp3) is 0.538. The summed E-state index contributed by atoms with van der Waals surface area (Å²) in [4.78, 5) is 2.58. The van der Waals surface area contributed by atoms with Crippen LogP contribution in [0.3, 0.4) is 0 Å². The van der Waals surface area contributed by atoms with Gasteiger partial charge in [0.2, 0.25) is 0 Å². The highest BCUT2D eigenvalue weighted by Crippen LogP contribution is 2.21. The van der Waals surface area contributed by atoms with Crippen LogP contribution < -0.4 is 0 Å². The second-order valence-electron chi connectivity index (χ2n) is 4.22. The van der Waals surface area contributed by atoms with Crippen LogP contribution in [0.1, 0.15) is 18.4 Å². The van der Waals surface area contributed by atoms with E-state index in [0.717, 1.165) is 11.8 Å². The van der Waals surface area contributed by atoms with Crippen LogP contribution in [0.2, 0.25) is 0 Å². The third-order valence-corrected chi connectivity index (χ3v) is 4.10. The Kier molecular flexibility index (Phi) is 4.09. The maximum atomic E-state index is 2.58. The summed E-state index contributed by atoms with van der Waals surface area (Å²) >= 11 is 2.02. The SMILES string of the molecule is CSC1CCCN(Cc2ccccc2)C1. The van der Waals surface area contributed by atoms with Gasteiger partial charge in [0, 0.05) is 18.3 Å². The van der Waals surface area contributed by atoms with Gasteiger partial charge < -0.3 is 0 Å². The van der Waals surface area contributed by atoms with Crippen LogP contribution >= 0.6 is 11.8 Å². The molecule has 0 aliphatic carbocycles. The molecule has 15 heavy (non-hydrogen) atoms. The molecule has 0 radical (unpaired) electrons. The van der Waals surface area contributed by atoms with E-state index in [9.17, 15) is 0 Å². The number of benzene rings is 1. The maximum Gasteiger partial charge on any atom is 0.0234 e. The van der Waals surface area contributed by atoms with Crippen LogP contribution in [0.15, 0.2) is 30.3 Å². The van der Waals surface area contributed by atoms with Crippen LogP contribution in [0.25, 0.3) is 0 Å². The molecule has 1 unspecified atom stereocenters. The van der Waals surface area contributed by atoms with Crippen molar-refractivity contribution in [2.24, 2.45) is 0 Å². The van der Waals surface area contributed by atoms with E-state index < -0.39 is 0 Å². The molecule has 0 saturated carbocycles. The molecule has 1 fully saturated rings. The number of nitrogens with zero attached hydrogens (tertiary/aromatic N) is 1. The van der Waals surface area contributed by atoms with Crippen molar-refractivity contribution in [3.8, 4) is 0 Å². The third kappa shape index (κ3) is 3.25. The van der Waals surface area contributed by atoms with Gasteiger partial charge in [0.1, 0.15) is 0 Å². The minimum Gasteiger partial charge on any atom is -0.298 e. The highest BCUT2D eigenvalue weighted by molar-refractivity contribution is 7.99. The van der Waals surface area contributed by atoms with Crippen molar-refractivity contribution >= 4 is 11.8 Å². The van der Waals surface area contributed by atoms with Crippen molar-refractivity contribution in [1.29, 1.82) is 0 Å². The van der Waals surface area contributed by atoms with Gasteiger partial charge >= 0.3 is 0 Å². The number of piperidine rings is 1. The first-order valence-corrected chi connectivity index (χ1v) is 6.96. The summed E-state index contributed by atoms with van der Waals surface area (Å²) in [7, 11) is 0. The smallest absolute Gasteiger partial charge is 0.0234 e. The van der Waals surface area contributed by atoms with E-state index in [2.05, 4.69) is 41.5 Å². The van der Waals surface area contributed by atoms with Gasteiger partial charge in [0.25, 0.3) is 0 Å². The Labute approximate surface area is 96.9 Å². The van der Waals surface area contributed by atoms with E-state index in [1.807, 2.05) is 11.8 Å². The molecule has 2 rings (SSSR count). The minimum atomic E-state index is 0.850. The number of hydrogen-bond acceptors (Lipinski definition) is 2. The monoisotopic (exact) mass is 221 g/mol. The van der Waals surface area contributed by atoms with Crippen LogP contribution in [0, 0.1) is 0 Å². The minimum absolute atomic E-state index is 0.850. The van der Waals surface area contributed by atoms with E-state index in [1.54, 1.807) is 0 Å². The van der Waals surface area contributed by atoms with Crippen LogP contribution in [-0.2, 0) is 6.54 Å². The molecule has 1 aromatic carbocycles. The quantitative estimate of drug-likeness (QED) is 0.772. The molecule has 1 atom stereocenters. The maximum absolute atomic E-state index is 2.58. The number of rotatable bonds is 3. The van der Waals surface area contributed by atoms with E-state index in [1.165, 1.54) is 31.5 Å². The van der Waals surface area contributed by atoms with Crippen LogP contribution in [0.4, 0.5) is 0 Å². The van der Waals surface area contributed by atoms with Crippen molar-refractivity contribution in [3.63, 3.8) is 0 Å². The Balaban J connectivity index is 1.89. The lowest BCUT2D eigenvalue weighted by Crippen LogP contribution is -2.36. The number of likely N-dealkylation sites (tertiary alicyclic amines) is 1. The average Bonchev–Trinajstić information content (AvgIpc) is 2.31. The molecular formula is C13H19NS. The average molecular weight is 221 g/mol. The van der Waals surface area contributed by atoms with E-state index >= 15 is 0 Å². The van der Waals surface area contributed by atoms with Gasteiger partial charge in [-0.15, -0.1) is 0 Å². The summed E-state index contributed by atoms with van der Waals surface area (Å²) in [5.74, 6) is 0. The molecule has 0 spiro atoms. The third-order valence-electron chi connectivity index (χ3n) is 3.04. The van der Waals surface area contributed by atoms with Crippen molar-refractivity contribution in [3.05, 3.63) is 35.9 Å². The summed E-state index contributed by atoms with van der Waals surface area (Å²) in [5.41, 5.74) is 1.44. The molecule has 1 aromatic rings. The van der Waals surface area contributed by atoms with Crippen LogP contribution in [-0.4, -0.2) is 29.5 Å². The summed E-state index contributed by atoms with van der Waals surface area (Å²) in [6.07, 6.45) is 4.99. The van der Waals surface area contributed by atoms with Crippen molar-refractivity contribution < 1.29 is 0 Å². The molecule has 82 valence electrons. The molecule has 1 saturated heterocycles. The molecule has 1 heterocycles. The van der Waals surface area contributed by atoms with Crippen molar-refractivity contribution in [2.45, 2.75) is 24.6 Å². The number of hydrogen-bond donors (Lipinski definition) is 0. The summed E-state index contributed by atoms with van der Waals surface area (Å²) in [6, 6.07) is 10.8. The Bertz CT molecular complexity index is 286. The second kappa shape index (κ2) is 5.57. The van der Waals surface area contributed by atoms with Crippen molar-refractivity contribution in [2.75, 3.05) is 19.3 Å². The largest absolute Gasteiger partial charge is 0.298 e. The lowest BCUT2D eigenvalue weighted by Gasteiger charge is -2.31. The predicted molar refractivity (Wildman–Crippen MR) is 68.3 cm³/mol. The van der Waals surface area contributed by atoms with Gasteiger partial charge in [0.15, 0.2) is 0 Å². The fourth-order valence-electron chi connectivity index (χ4n) is 2.19. The van der Waals surface area contributed by atoms with Crippen LogP contribution in [0.5, 0.6) is 0 Å². The summed E-state index contributed by atoms with van der Waals surface area (Å²) in [6.45, 7) is 3.65. The first kappa shape index (κ1) is 11.0. The molecule has 0 N–H and O–H groups in total. The Morgan fingerprint density at radius 1 is 1.33 bits per heavy atom. The molecular weight excluding hydrogens is 202 g/mol. The zero-order valence-electron chi connectivity index (χ0n) is 9.36. The standard InChI is InChI=1S/C13H19NS/c1-15-13-8-5-9-14(11-13)10-12-6-3-2-4-7-12/h2-4,6-7,13H,5,8-11H2,1H3. The molecule has 1 aliphatic rings. The van der Waals surface area contributed by atoms with E-state index in [-0.39, 0.29) is 0 Å². The Hall–Kier alpha value is -0.470. The highest BCUT2D eigenvalue weighted by atomic mass is 32.2. The van der Waals surface area contributed by atoms with Gasteiger partial charge in [-0.2, -0.15) is 11.8 Å².